The van der Waals surface area contributed by atoms with Crippen LogP contribution in [0.4, 0.5) is 10.6 Å². The molecule has 230 valence electrons. The summed E-state index contributed by atoms with van der Waals surface area (Å²) in [5.74, 6) is 0.402. The van der Waals surface area contributed by atoms with Crippen molar-refractivity contribution in [3.63, 3.8) is 0 Å². The number of ether oxygens (including phenoxy) is 4. The topological polar surface area (TPSA) is 116 Å². The fourth-order valence-corrected chi connectivity index (χ4v) is 4.49. The number of carbonyl (C=O) groups is 3. The quantitative estimate of drug-likeness (QED) is 0.188. The van der Waals surface area contributed by atoms with Gasteiger partial charge in [-0.3, -0.25) is 9.69 Å². The van der Waals surface area contributed by atoms with Gasteiger partial charge in [0.2, 0.25) is 0 Å². The zero-order valence-electron chi connectivity index (χ0n) is 24.7. The lowest BCUT2D eigenvalue weighted by Crippen LogP contribution is -2.43. The summed E-state index contributed by atoms with van der Waals surface area (Å²) in [6.07, 6.45) is 1.68. The highest BCUT2D eigenvalue weighted by Gasteiger charge is 2.26. The third-order valence-corrected chi connectivity index (χ3v) is 6.62. The summed E-state index contributed by atoms with van der Waals surface area (Å²) in [5, 5.41) is 3.00. The highest BCUT2D eigenvalue weighted by Crippen LogP contribution is 2.25. The van der Waals surface area contributed by atoms with Gasteiger partial charge in [0.15, 0.2) is 0 Å². The van der Waals surface area contributed by atoms with E-state index in [9.17, 15) is 14.4 Å². The lowest BCUT2D eigenvalue weighted by molar-refractivity contribution is -0.142. The summed E-state index contributed by atoms with van der Waals surface area (Å²) in [4.78, 5) is 43.9. The molecule has 0 bridgehead atoms. The summed E-state index contributed by atoms with van der Waals surface area (Å²) < 4.78 is 21.5. The zero-order valence-corrected chi connectivity index (χ0v) is 26.2. The number of pyridine rings is 1. The van der Waals surface area contributed by atoms with Gasteiger partial charge in [-0.25, -0.2) is 14.6 Å². The number of anilines is 1. The van der Waals surface area contributed by atoms with E-state index in [-0.39, 0.29) is 22.0 Å². The Morgan fingerprint density at radius 3 is 2.16 bits per heavy atom. The van der Waals surface area contributed by atoms with Crippen molar-refractivity contribution in [1.29, 1.82) is 0 Å². The number of methoxy groups -OCH3 is 2. The maximum absolute atomic E-state index is 12.9. The Morgan fingerprint density at radius 2 is 1.60 bits per heavy atom. The molecule has 0 spiro atoms. The molecule has 1 aromatic heterocycles. The van der Waals surface area contributed by atoms with E-state index in [4.69, 9.17) is 42.1 Å². The molecule has 12 heteroatoms. The van der Waals surface area contributed by atoms with Crippen molar-refractivity contribution in [2.24, 2.45) is 0 Å². The van der Waals surface area contributed by atoms with Crippen LogP contribution in [0.3, 0.4) is 0 Å². The van der Waals surface area contributed by atoms with Crippen LogP contribution < -0.4 is 19.7 Å². The predicted molar refractivity (Wildman–Crippen MR) is 164 cm³/mol. The second kappa shape index (κ2) is 15.5. The number of rotatable bonds is 12. The molecule has 1 N–H and O–H groups in total. The van der Waals surface area contributed by atoms with E-state index in [0.29, 0.717) is 36.9 Å². The predicted octanol–water partition coefficient (Wildman–Crippen LogP) is 6.12. The van der Waals surface area contributed by atoms with Crippen LogP contribution in [-0.4, -0.2) is 62.0 Å². The first-order valence-corrected chi connectivity index (χ1v) is 14.2. The van der Waals surface area contributed by atoms with Crippen LogP contribution in [-0.2, 0) is 20.7 Å². The van der Waals surface area contributed by atoms with Gasteiger partial charge in [-0.05, 0) is 69.2 Å². The van der Waals surface area contributed by atoms with Gasteiger partial charge < -0.3 is 24.3 Å². The number of benzene rings is 2. The standard InChI is InChI=1S/C31H35Cl2N3O7/c1-31(2,3)43-30(39)36(26-15-14-22(40-4)19-34-26)16-7-17-42-21-12-10-20(11-13-21)18-25(29(38)41-5)35-28(37)27-23(32)8-6-9-24(27)33/h6,8-15,19,25H,7,16-18H2,1-5H3,(H,35,37)/t25-/m0/s1. The van der Waals surface area contributed by atoms with Crippen LogP contribution in [0.2, 0.25) is 10.0 Å². The van der Waals surface area contributed by atoms with Crippen molar-refractivity contribution in [2.75, 3.05) is 32.3 Å². The van der Waals surface area contributed by atoms with Crippen LogP contribution in [0.1, 0.15) is 43.1 Å². The number of hydrogen-bond acceptors (Lipinski definition) is 8. The largest absolute Gasteiger partial charge is 0.495 e. The van der Waals surface area contributed by atoms with Gasteiger partial charge in [-0.15, -0.1) is 0 Å². The molecule has 0 aliphatic rings. The van der Waals surface area contributed by atoms with Crippen molar-refractivity contribution < 1.29 is 33.3 Å². The minimum absolute atomic E-state index is 0.0801. The second-order valence-electron chi connectivity index (χ2n) is 10.4. The number of halogens is 2. The van der Waals surface area contributed by atoms with Gasteiger partial charge in [0.25, 0.3) is 5.91 Å². The Balaban J connectivity index is 1.59. The van der Waals surface area contributed by atoms with Crippen molar-refractivity contribution >= 4 is 47.0 Å². The summed E-state index contributed by atoms with van der Waals surface area (Å²) >= 11 is 12.3. The van der Waals surface area contributed by atoms with Crippen molar-refractivity contribution in [1.82, 2.24) is 10.3 Å². The molecule has 0 radical (unpaired) electrons. The highest BCUT2D eigenvalue weighted by atomic mass is 35.5. The summed E-state index contributed by atoms with van der Waals surface area (Å²) in [7, 11) is 2.79. The van der Waals surface area contributed by atoms with Gasteiger partial charge in [0.1, 0.15) is 29.0 Å². The molecule has 1 atom stereocenters. The van der Waals surface area contributed by atoms with Gasteiger partial charge in [-0.1, -0.05) is 41.4 Å². The number of amides is 2. The first kappa shape index (κ1) is 33.5. The van der Waals surface area contributed by atoms with Crippen molar-refractivity contribution in [3.05, 3.63) is 82.0 Å². The van der Waals surface area contributed by atoms with E-state index in [1.54, 1.807) is 82.5 Å². The first-order chi connectivity index (χ1) is 20.4. The molecule has 0 saturated carbocycles. The number of carbonyl (C=O) groups excluding carboxylic acids is 3. The average Bonchev–Trinajstić information content (AvgIpc) is 2.96. The SMILES string of the molecule is COC(=O)[C@H](Cc1ccc(OCCCN(C(=O)OC(C)(C)C)c2ccc(OC)cn2)cc1)NC(=O)c1c(Cl)cccc1Cl. The number of esters is 1. The van der Waals surface area contributed by atoms with Crippen LogP contribution >= 0.6 is 23.2 Å². The molecule has 43 heavy (non-hydrogen) atoms. The van der Waals surface area contributed by atoms with Crippen LogP contribution in [0.25, 0.3) is 0 Å². The molecule has 2 aromatic carbocycles. The summed E-state index contributed by atoms with van der Waals surface area (Å²) in [6, 6.07) is 14.2. The van der Waals surface area contributed by atoms with Crippen LogP contribution in [0.5, 0.6) is 11.5 Å². The maximum Gasteiger partial charge on any atom is 0.416 e. The molecular formula is C31H35Cl2N3O7. The summed E-state index contributed by atoms with van der Waals surface area (Å²) in [5.41, 5.74) is 0.170. The Morgan fingerprint density at radius 1 is 0.953 bits per heavy atom. The Hall–Kier alpha value is -4.02. The third-order valence-electron chi connectivity index (χ3n) is 5.99. The minimum Gasteiger partial charge on any atom is -0.495 e. The molecule has 3 aromatic rings. The first-order valence-electron chi connectivity index (χ1n) is 13.5. The average molecular weight is 633 g/mol. The maximum atomic E-state index is 12.9. The van der Waals surface area contributed by atoms with Gasteiger partial charge in [0, 0.05) is 13.0 Å². The van der Waals surface area contributed by atoms with E-state index in [0.717, 1.165) is 5.56 Å². The lowest BCUT2D eigenvalue weighted by Gasteiger charge is -2.27. The zero-order chi connectivity index (χ0) is 31.6. The summed E-state index contributed by atoms with van der Waals surface area (Å²) in [6.45, 7) is 6.02. The van der Waals surface area contributed by atoms with Gasteiger partial charge in [0.05, 0.1) is 42.6 Å². The molecular weight excluding hydrogens is 597 g/mol. The number of nitrogens with zero attached hydrogens (tertiary/aromatic N) is 2. The monoisotopic (exact) mass is 631 g/mol. The fraction of sp³-hybridized carbons (Fsp3) is 0.355. The smallest absolute Gasteiger partial charge is 0.416 e. The lowest BCUT2D eigenvalue weighted by atomic mass is 10.0. The third kappa shape index (κ3) is 10.0. The fourth-order valence-electron chi connectivity index (χ4n) is 3.92. The van der Waals surface area contributed by atoms with E-state index >= 15 is 0 Å². The van der Waals surface area contributed by atoms with Crippen LogP contribution in [0.15, 0.2) is 60.8 Å². The van der Waals surface area contributed by atoms with E-state index in [1.165, 1.54) is 18.2 Å². The number of aromatic nitrogens is 1. The Labute approximate surface area is 261 Å². The number of hydrogen-bond donors (Lipinski definition) is 1. The molecule has 2 amide bonds. The Kier molecular flexibility index (Phi) is 12.0. The molecule has 0 aliphatic carbocycles. The van der Waals surface area contributed by atoms with E-state index < -0.39 is 29.6 Å². The molecule has 0 saturated heterocycles. The van der Waals surface area contributed by atoms with Gasteiger partial charge in [-0.2, -0.15) is 0 Å². The number of nitrogens with one attached hydrogen (secondary N) is 1. The minimum atomic E-state index is -0.970. The molecule has 0 unspecified atom stereocenters. The van der Waals surface area contributed by atoms with E-state index in [2.05, 4.69) is 10.3 Å². The molecule has 0 aliphatic heterocycles. The normalized spacial score (nSPS) is 11.7. The van der Waals surface area contributed by atoms with Crippen molar-refractivity contribution in [3.8, 4) is 11.5 Å². The van der Waals surface area contributed by atoms with Gasteiger partial charge >= 0.3 is 12.1 Å². The molecule has 1 heterocycles. The highest BCUT2D eigenvalue weighted by molar-refractivity contribution is 6.39. The Bertz CT molecular complexity index is 1370. The molecule has 3 rings (SSSR count). The van der Waals surface area contributed by atoms with Crippen molar-refractivity contribution in [2.45, 2.75) is 45.3 Å². The van der Waals surface area contributed by atoms with Crippen LogP contribution in [0, 0.1) is 0 Å². The molecule has 10 nitrogen and oxygen atoms in total. The van der Waals surface area contributed by atoms with E-state index in [1.807, 2.05) is 0 Å². The molecule has 0 fully saturated rings. The second-order valence-corrected chi connectivity index (χ2v) is 11.2.